The van der Waals surface area contributed by atoms with Crippen molar-refractivity contribution in [3.63, 3.8) is 0 Å². The number of carbonyl (C=O) groups excluding carboxylic acids is 1. The van der Waals surface area contributed by atoms with Crippen LogP contribution in [-0.4, -0.2) is 36.2 Å². The van der Waals surface area contributed by atoms with Gasteiger partial charge < -0.3 is 9.32 Å². The number of nitrogen functional groups attached to an aromatic ring is 1. The second-order valence-corrected chi connectivity index (χ2v) is 5.35. The third kappa shape index (κ3) is 4.89. The van der Waals surface area contributed by atoms with Gasteiger partial charge in [-0.15, -0.1) is 0 Å². The molecule has 0 radical (unpaired) electrons. The van der Waals surface area contributed by atoms with Crippen LogP contribution in [0.5, 0.6) is 0 Å². The molecule has 0 fully saturated rings. The molecule has 0 saturated heterocycles. The van der Waals surface area contributed by atoms with Crippen molar-refractivity contribution in [2.75, 3.05) is 25.4 Å². The summed E-state index contributed by atoms with van der Waals surface area (Å²) in [6, 6.07) is 1.77. The standard InChI is InChI=1S/C13H23N3O2S/c1-4-16(5-2)6-7-19-9-11-8-12(13(17)15-14)18-10(11)3/h8H,4-7,9,14H2,1-3H3,(H,15,17). The minimum Gasteiger partial charge on any atom is -0.456 e. The fraction of sp³-hybridized carbons (Fsp3) is 0.615. The van der Waals surface area contributed by atoms with Crippen LogP contribution in [-0.2, 0) is 5.75 Å². The van der Waals surface area contributed by atoms with Crippen LogP contribution >= 0.6 is 11.8 Å². The molecular weight excluding hydrogens is 262 g/mol. The van der Waals surface area contributed by atoms with Gasteiger partial charge in [0.25, 0.3) is 0 Å². The average Bonchev–Trinajstić information content (AvgIpc) is 2.79. The Labute approximate surface area is 118 Å². The van der Waals surface area contributed by atoms with Gasteiger partial charge in [-0.25, -0.2) is 5.84 Å². The zero-order valence-electron chi connectivity index (χ0n) is 11.9. The molecule has 0 atom stereocenters. The molecule has 0 aliphatic carbocycles. The van der Waals surface area contributed by atoms with Crippen LogP contribution < -0.4 is 11.3 Å². The number of hydrogen-bond acceptors (Lipinski definition) is 5. The number of nitrogens with two attached hydrogens (primary N) is 1. The lowest BCUT2D eigenvalue weighted by Crippen LogP contribution is -2.29. The van der Waals surface area contributed by atoms with Gasteiger partial charge in [0.05, 0.1) is 0 Å². The number of furan rings is 1. The monoisotopic (exact) mass is 285 g/mol. The quantitative estimate of drug-likeness (QED) is 0.330. The number of aryl methyl sites for hydroxylation is 1. The number of hydrogen-bond donors (Lipinski definition) is 2. The molecule has 1 rings (SSSR count). The van der Waals surface area contributed by atoms with Crippen LogP contribution in [0.25, 0.3) is 0 Å². The Balaban J connectivity index is 2.41. The average molecular weight is 285 g/mol. The maximum absolute atomic E-state index is 11.3. The molecule has 0 aliphatic rings. The Bertz CT molecular complexity index is 403. The predicted octanol–water partition coefficient (Wildman–Crippen LogP) is 1.77. The molecule has 0 bridgehead atoms. The van der Waals surface area contributed by atoms with Crippen molar-refractivity contribution < 1.29 is 9.21 Å². The zero-order chi connectivity index (χ0) is 14.3. The topological polar surface area (TPSA) is 71.5 Å². The van der Waals surface area contributed by atoms with E-state index in [2.05, 4.69) is 24.2 Å². The summed E-state index contributed by atoms with van der Waals surface area (Å²) in [5, 5.41) is 0. The molecule has 108 valence electrons. The van der Waals surface area contributed by atoms with Gasteiger partial charge in [0.15, 0.2) is 5.76 Å². The number of hydrazine groups is 1. The largest absolute Gasteiger partial charge is 0.456 e. The van der Waals surface area contributed by atoms with Gasteiger partial charge in [-0.3, -0.25) is 10.2 Å². The molecule has 0 unspecified atom stereocenters. The van der Waals surface area contributed by atoms with E-state index < -0.39 is 0 Å². The van der Waals surface area contributed by atoms with Crippen LogP contribution in [0.3, 0.4) is 0 Å². The molecule has 1 aromatic heterocycles. The number of rotatable bonds is 8. The van der Waals surface area contributed by atoms with E-state index in [0.717, 1.165) is 42.5 Å². The van der Waals surface area contributed by atoms with Gasteiger partial charge >= 0.3 is 5.91 Å². The van der Waals surface area contributed by atoms with E-state index in [1.54, 1.807) is 6.07 Å². The van der Waals surface area contributed by atoms with E-state index in [-0.39, 0.29) is 11.7 Å². The Morgan fingerprint density at radius 1 is 1.47 bits per heavy atom. The molecule has 1 aromatic rings. The normalized spacial score (nSPS) is 11.0. The van der Waals surface area contributed by atoms with E-state index in [4.69, 9.17) is 10.3 Å². The zero-order valence-corrected chi connectivity index (χ0v) is 12.7. The van der Waals surface area contributed by atoms with Gasteiger partial charge in [-0.2, -0.15) is 11.8 Å². The summed E-state index contributed by atoms with van der Waals surface area (Å²) in [7, 11) is 0. The van der Waals surface area contributed by atoms with Gasteiger partial charge in [-0.05, 0) is 26.1 Å². The maximum Gasteiger partial charge on any atom is 0.300 e. The molecular formula is C13H23N3O2S. The lowest BCUT2D eigenvalue weighted by molar-refractivity contribution is 0.0924. The highest BCUT2D eigenvalue weighted by atomic mass is 32.2. The van der Waals surface area contributed by atoms with Gasteiger partial charge in [0.2, 0.25) is 0 Å². The first-order chi connectivity index (χ1) is 9.12. The first-order valence-electron chi connectivity index (χ1n) is 6.52. The highest BCUT2D eigenvalue weighted by Crippen LogP contribution is 2.20. The second kappa shape index (κ2) is 8.24. The minimum absolute atomic E-state index is 0.277. The van der Waals surface area contributed by atoms with E-state index in [9.17, 15) is 4.79 Å². The van der Waals surface area contributed by atoms with E-state index in [1.807, 2.05) is 18.7 Å². The third-order valence-electron chi connectivity index (χ3n) is 3.08. The summed E-state index contributed by atoms with van der Waals surface area (Å²) in [5.41, 5.74) is 3.13. The fourth-order valence-electron chi connectivity index (χ4n) is 1.76. The summed E-state index contributed by atoms with van der Waals surface area (Å²) in [6.07, 6.45) is 0. The Morgan fingerprint density at radius 2 is 2.16 bits per heavy atom. The first-order valence-corrected chi connectivity index (χ1v) is 7.68. The van der Waals surface area contributed by atoms with E-state index in [1.165, 1.54) is 0 Å². The van der Waals surface area contributed by atoms with Gasteiger partial charge in [-0.1, -0.05) is 13.8 Å². The summed E-state index contributed by atoms with van der Waals surface area (Å²) < 4.78 is 5.37. The summed E-state index contributed by atoms with van der Waals surface area (Å²) in [6.45, 7) is 9.47. The number of amides is 1. The second-order valence-electron chi connectivity index (χ2n) is 4.25. The number of carbonyl (C=O) groups is 1. The minimum atomic E-state index is -0.387. The van der Waals surface area contributed by atoms with Gasteiger partial charge in [0, 0.05) is 23.6 Å². The van der Waals surface area contributed by atoms with Crippen LogP contribution in [0.1, 0.15) is 35.7 Å². The number of nitrogens with zero attached hydrogens (tertiary/aromatic N) is 1. The summed E-state index contributed by atoms with van der Waals surface area (Å²) >= 11 is 1.85. The van der Waals surface area contributed by atoms with Crippen LogP contribution in [0.15, 0.2) is 10.5 Å². The van der Waals surface area contributed by atoms with Crippen molar-refractivity contribution in [2.24, 2.45) is 5.84 Å². The molecule has 0 aliphatic heterocycles. The van der Waals surface area contributed by atoms with Gasteiger partial charge in [0.1, 0.15) is 5.76 Å². The van der Waals surface area contributed by atoms with E-state index >= 15 is 0 Å². The smallest absolute Gasteiger partial charge is 0.300 e. The lowest BCUT2D eigenvalue weighted by Gasteiger charge is -2.17. The van der Waals surface area contributed by atoms with Crippen molar-refractivity contribution in [3.05, 3.63) is 23.2 Å². The maximum atomic E-state index is 11.3. The highest BCUT2D eigenvalue weighted by Gasteiger charge is 2.13. The number of nitrogens with one attached hydrogen (secondary N) is 1. The summed E-state index contributed by atoms with van der Waals surface area (Å²) in [5.74, 6) is 7.69. The molecule has 1 amide bonds. The van der Waals surface area contributed by atoms with E-state index in [0.29, 0.717) is 0 Å². The highest BCUT2D eigenvalue weighted by molar-refractivity contribution is 7.98. The molecule has 6 heteroatoms. The van der Waals surface area contributed by atoms with Crippen molar-refractivity contribution in [3.8, 4) is 0 Å². The Kier molecular flexibility index (Phi) is 6.97. The fourth-order valence-corrected chi connectivity index (χ4v) is 2.80. The molecule has 3 N–H and O–H groups in total. The molecule has 0 spiro atoms. The van der Waals surface area contributed by atoms with Crippen molar-refractivity contribution in [2.45, 2.75) is 26.5 Å². The van der Waals surface area contributed by atoms with Crippen molar-refractivity contribution in [1.29, 1.82) is 0 Å². The van der Waals surface area contributed by atoms with Crippen LogP contribution in [0, 0.1) is 6.92 Å². The van der Waals surface area contributed by atoms with Crippen molar-refractivity contribution >= 4 is 17.7 Å². The number of thioether (sulfide) groups is 1. The van der Waals surface area contributed by atoms with Crippen LogP contribution in [0.4, 0.5) is 0 Å². The molecule has 0 aromatic carbocycles. The lowest BCUT2D eigenvalue weighted by atomic mass is 10.3. The first kappa shape index (κ1) is 16.1. The molecule has 5 nitrogen and oxygen atoms in total. The van der Waals surface area contributed by atoms with Crippen molar-refractivity contribution in [1.82, 2.24) is 10.3 Å². The SMILES string of the molecule is CCN(CC)CCSCc1cc(C(=O)NN)oc1C. The molecule has 0 saturated carbocycles. The molecule has 1 heterocycles. The Morgan fingerprint density at radius 3 is 2.74 bits per heavy atom. The summed E-state index contributed by atoms with van der Waals surface area (Å²) in [4.78, 5) is 13.7. The van der Waals surface area contributed by atoms with Crippen LogP contribution in [0.2, 0.25) is 0 Å². The molecule has 19 heavy (non-hydrogen) atoms. The third-order valence-corrected chi connectivity index (χ3v) is 4.07. The predicted molar refractivity (Wildman–Crippen MR) is 79.0 cm³/mol. The Hall–Kier alpha value is -0.980.